The highest BCUT2D eigenvalue weighted by atomic mass is 31.2. The second-order valence-electron chi connectivity index (χ2n) is 19.1. The molecule has 21 heteroatoms. The van der Waals surface area contributed by atoms with Crippen molar-refractivity contribution in [3.63, 3.8) is 0 Å². The molecule has 0 fully saturated rings. The first-order chi connectivity index (χ1) is 29.3. The predicted octanol–water partition coefficient (Wildman–Crippen LogP) is 5.83. The van der Waals surface area contributed by atoms with Crippen molar-refractivity contribution in [3.05, 3.63) is 29.8 Å². The van der Waals surface area contributed by atoms with Gasteiger partial charge in [-0.1, -0.05) is 6.42 Å². The topological polar surface area (TPSA) is 264 Å². The first-order valence-corrected chi connectivity index (χ1v) is 22.9. The molecule has 4 atom stereocenters. The van der Waals surface area contributed by atoms with Crippen LogP contribution in [0.15, 0.2) is 18.3 Å². The minimum Gasteiger partial charge on any atom is -0.480 e. The summed E-state index contributed by atoms with van der Waals surface area (Å²) in [6, 6.07) is -1.60. The number of carboxylic acid groups (broad SMARTS) is 1. The SMILES string of the molecule is CC(C)(C)OC(=O)CC[C@H](NP(=O)(OCCC[C@H](NC(=O)CC[C@H](NC(=O)CCCCCNC(=O)c1ccc([18F])nc1)C(=O)O)C(=O)OC(C)(C)C)OC(C)(C)C)C(=O)OC(C)(C)C. The van der Waals surface area contributed by atoms with Gasteiger partial charge < -0.3 is 35.3 Å². The third kappa shape index (κ3) is 27.0. The van der Waals surface area contributed by atoms with Gasteiger partial charge in [0.2, 0.25) is 17.8 Å². The lowest BCUT2D eigenvalue weighted by atomic mass is 10.1. The summed E-state index contributed by atoms with van der Waals surface area (Å²) < 4.78 is 55.2. The largest absolute Gasteiger partial charge is 0.480 e. The van der Waals surface area contributed by atoms with E-state index in [0.717, 1.165) is 12.3 Å². The molecule has 0 aliphatic heterocycles. The number of ether oxygens (including phenoxy) is 3. The molecule has 19 nitrogen and oxygen atoms in total. The summed E-state index contributed by atoms with van der Waals surface area (Å²) in [6.45, 7) is 19.8. The molecule has 0 aliphatic carbocycles. The molecule has 364 valence electrons. The van der Waals surface area contributed by atoms with E-state index in [1.807, 2.05) is 0 Å². The van der Waals surface area contributed by atoms with Crippen molar-refractivity contribution >= 4 is 49.3 Å². The minimum atomic E-state index is -4.36. The number of carbonyl (C=O) groups excluding carboxylic acids is 6. The minimum absolute atomic E-state index is 0.00425. The first kappa shape index (κ1) is 57.5. The molecular formula is C43H71FN5O14P. The summed E-state index contributed by atoms with van der Waals surface area (Å²) in [7, 11) is -4.36. The van der Waals surface area contributed by atoms with Crippen molar-refractivity contribution in [1.82, 2.24) is 26.0 Å². The molecular weight excluding hydrogens is 859 g/mol. The number of carbonyl (C=O) groups is 7. The molecule has 64 heavy (non-hydrogen) atoms. The molecule has 1 rings (SSSR count). The van der Waals surface area contributed by atoms with Gasteiger partial charge in [-0.05, 0) is 134 Å². The highest BCUT2D eigenvalue weighted by Crippen LogP contribution is 2.48. The molecule has 1 aromatic heterocycles. The van der Waals surface area contributed by atoms with Crippen molar-refractivity contribution in [2.75, 3.05) is 13.2 Å². The van der Waals surface area contributed by atoms with Crippen LogP contribution in [0.5, 0.6) is 0 Å². The van der Waals surface area contributed by atoms with Crippen LogP contribution >= 0.6 is 7.75 Å². The number of halogens is 1. The molecule has 0 radical (unpaired) electrons. The number of unbranched alkanes of at least 4 members (excludes halogenated alkanes) is 2. The number of pyridine rings is 1. The first-order valence-electron chi connectivity index (χ1n) is 21.4. The van der Waals surface area contributed by atoms with E-state index in [-0.39, 0.29) is 57.1 Å². The number of nitrogens with zero attached hydrogens (tertiary/aromatic N) is 1. The number of amides is 3. The Kier molecular flexibility index (Phi) is 23.2. The normalized spacial score (nSPS) is 14.5. The highest BCUT2D eigenvalue weighted by molar-refractivity contribution is 7.51. The van der Waals surface area contributed by atoms with Crippen molar-refractivity contribution in [2.24, 2.45) is 0 Å². The number of carboxylic acids is 1. The lowest BCUT2D eigenvalue weighted by Gasteiger charge is -2.31. The number of hydrogen-bond donors (Lipinski definition) is 5. The molecule has 0 aromatic carbocycles. The fourth-order valence-corrected chi connectivity index (χ4v) is 7.35. The number of esters is 3. The van der Waals surface area contributed by atoms with E-state index in [0.29, 0.717) is 25.8 Å². The molecule has 0 saturated carbocycles. The maximum absolute atomic E-state index is 14.2. The maximum atomic E-state index is 14.2. The van der Waals surface area contributed by atoms with Gasteiger partial charge in [0.1, 0.15) is 34.9 Å². The smallest absolute Gasteiger partial charge is 0.406 e. The third-order valence-corrected chi connectivity index (χ3v) is 9.97. The zero-order valence-electron chi connectivity index (χ0n) is 39.5. The Morgan fingerprint density at radius 3 is 1.75 bits per heavy atom. The van der Waals surface area contributed by atoms with E-state index >= 15 is 0 Å². The fraction of sp³-hybridized carbons (Fsp3) is 0.721. The number of aliphatic carboxylic acids is 1. The molecule has 0 aliphatic rings. The Bertz CT molecular complexity index is 1770. The van der Waals surface area contributed by atoms with E-state index in [4.69, 9.17) is 23.3 Å². The average Bonchev–Trinajstić information content (AvgIpc) is 3.11. The van der Waals surface area contributed by atoms with Crippen LogP contribution in [0, 0.1) is 5.95 Å². The standard InChI is InChI=1S/C43H71FN5O14P/c1-40(2,3)60-35(52)24-21-31(39(57)62-42(7,8)9)49-64(58,63-43(10,11)12)59-26-16-17-30(38(56)61-41(4,5)6)48-34(51)23-20-29(37(54)55)47-33(50)18-14-13-15-25-45-36(53)28-19-22-32(44)46-27-28/h19,22,27,29-31H,13-18,20-21,23-26H2,1-12H3,(H,45,53)(H,47,50)(H,48,51)(H,49,58)(H,54,55)/t29-,30-,31-,64?/m0/s1/i44-1. The predicted molar refractivity (Wildman–Crippen MR) is 233 cm³/mol. The van der Waals surface area contributed by atoms with Gasteiger partial charge in [0, 0.05) is 32.0 Å². The number of rotatable bonds is 26. The highest BCUT2D eigenvalue weighted by Gasteiger charge is 2.38. The lowest BCUT2D eigenvalue weighted by Crippen LogP contribution is -2.45. The Morgan fingerprint density at radius 1 is 0.672 bits per heavy atom. The molecule has 5 N–H and O–H groups in total. The Morgan fingerprint density at radius 2 is 1.22 bits per heavy atom. The zero-order chi connectivity index (χ0) is 49.1. The van der Waals surface area contributed by atoms with Crippen LogP contribution < -0.4 is 21.0 Å². The average molecular weight is 931 g/mol. The number of nitrogens with one attached hydrogen (secondary N) is 4. The van der Waals surface area contributed by atoms with Gasteiger partial charge in [0.25, 0.3) is 5.91 Å². The van der Waals surface area contributed by atoms with Crippen LogP contribution in [0.4, 0.5) is 4.39 Å². The molecule has 0 bridgehead atoms. The van der Waals surface area contributed by atoms with Gasteiger partial charge in [-0.15, -0.1) is 0 Å². The van der Waals surface area contributed by atoms with Crippen LogP contribution in [0.25, 0.3) is 0 Å². The van der Waals surface area contributed by atoms with E-state index < -0.39 is 95.8 Å². The molecule has 1 heterocycles. The fourth-order valence-electron chi connectivity index (χ4n) is 5.47. The van der Waals surface area contributed by atoms with E-state index in [1.165, 1.54) is 6.07 Å². The van der Waals surface area contributed by atoms with Crippen molar-refractivity contribution < 1.29 is 70.9 Å². The molecule has 0 spiro atoms. The van der Waals surface area contributed by atoms with Gasteiger partial charge in [-0.3, -0.25) is 33.0 Å². The van der Waals surface area contributed by atoms with Crippen LogP contribution in [0.1, 0.15) is 158 Å². The lowest BCUT2D eigenvalue weighted by molar-refractivity contribution is -0.160. The number of hydrogen-bond acceptors (Lipinski definition) is 14. The van der Waals surface area contributed by atoms with E-state index in [1.54, 1.807) is 83.1 Å². The summed E-state index contributed by atoms with van der Waals surface area (Å²) in [5.41, 5.74) is -3.51. The van der Waals surface area contributed by atoms with E-state index in [2.05, 4.69) is 26.0 Å². The summed E-state index contributed by atoms with van der Waals surface area (Å²) in [4.78, 5) is 92.3. The van der Waals surface area contributed by atoms with Gasteiger partial charge in [0.05, 0.1) is 17.8 Å². The van der Waals surface area contributed by atoms with Crippen molar-refractivity contribution in [3.8, 4) is 0 Å². The van der Waals surface area contributed by atoms with E-state index in [9.17, 15) is 47.6 Å². The summed E-state index contributed by atoms with van der Waals surface area (Å²) in [5, 5.41) is 20.0. The second-order valence-corrected chi connectivity index (χ2v) is 20.8. The van der Waals surface area contributed by atoms with Crippen molar-refractivity contribution in [2.45, 2.75) is 188 Å². The maximum Gasteiger partial charge on any atom is 0.406 e. The quantitative estimate of drug-likeness (QED) is 0.0241. The van der Waals surface area contributed by atoms with Crippen LogP contribution in [0.3, 0.4) is 0 Å². The van der Waals surface area contributed by atoms with Crippen LogP contribution in [-0.2, 0) is 56.6 Å². The second kappa shape index (κ2) is 25.8. The Balaban J connectivity index is 2.92. The van der Waals surface area contributed by atoms with Gasteiger partial charge in [0.15, 0.2) is 0 Å². The molecule has 1 unspecified atom stereocenters. The Hall–Kier alpha value is -4.52. The Labute approximate surface area is 376 Å². The summed E-state index contributed by atoms with van der Waals surface area (Å²) in [6.07, 6.45) is 1.38. The zero-order valence-corrected chi connectivity index (χ0v) is 40.4. The monoisotopic (exact) mass is 930 g/mol. The van der Waals surface area contributed by atoms with Gasteiger partial charge in [-0.2, -0.15) is 4.39 Å². The summed E-state index contributed by atoms with van der Waals surface area (Å²) >= 11 is 0. The van der Waals surface area contributed by atoms with Crippen LogP contribution in [-0.4, -0.2) is 105 Å². The van der Waals surface area contributed by atoms with Crippen LogP contribution in [0.2, 0.25) is 0 Å². The molecule has 1 aromatic rings. The van der Waals surface area contributed by atoms with Gasteiger partial charge in [-0.25, -0.2) is 24.2 Å². The molecule has 3 amide bonds. The summed E-state index contributed by atoms with van der Waals surface area (Å²) in [5.74, 6) is -5.96. The van der Waals surface area contributed by atoms with Gasteiger partial charge >= 0.3 is 31.6 Å². The molecule has 0 saturated heterocycles. The number of aromatic nitrogens is 1. The third-order valence-electron chi connectivity index (χ3n) is 8.03. The van der Waals surface area contributed by atoms with Crippen molar-refractivity contribution in [1.29, 1.82) is 0 Å².